The maximum absolute atomic E-state index is 12.1. The number of hydrazone groups is 1. The molecule has 0 unspecified atom stereocenters. The third kappa shape index (κ3) is 6.07. The van der Waals surface area contributed by atoms with Gasteiger partial charge in [-0.15, -0.1) is 0 Å². The predicted molar refractivity (Wildman–Crippen MR) is 120 cm³/mol. The highest BCUT2D eigenvalue weighted by atomic mass is 35.5. The van der Waals surface area contributed by atoms with Crippen LogP contribution in [0.3, 0.4) is 0 Å². The number of hydrogen-bond donors (Lipinski definition) is 2. The van der Waals surface area contributed by atoms with Crippen molar-refractivity contribution in [1.29, 1.82) is 0 Å². The largest absolute Gasteiger partial charge is 0.495 e. The van der Waals surface area contributed by atoms with E-state index in [4.69, 9.17) is 21.1 Å². The number of carbonyl (C=O) groups is 2. The molecule has 7 nitrogen and oxygen atoms in total. The number of nitrogens with zero attached hydrogens (tertiary/aromatic N) is 1. The molecule has 0 aromatic heterocycles. The first-order chi connectivity index (χ1) is 15.1. The molecule has 3 aromatic carbocycles. The van der Waals surface area contributed by atoms with Crippen LogP contribution in [0.2, 0.25) is 5.02 Å². The Labute approximate surface area is 184 Å². The fourth-order valence-corrected chi connectivity index (χ4v) is 2.82. The SMILES string of the molecule is COc1ccccc1NC(=O)C(=O)N/N=C\c1ccccc1OCc1ccccc1Cl. The van der Waals surface area contributed by atoms with Crippen molar-refractivity contribution in [1.82, 2.24) is 5.43 Å². The number of nitrogens with one attached hydrogen (secondary N) is 2. The van der Waals surface area contributed by atoms with Crippen LogP contribution in [0.25, 0.3) is 0 Å². The summed E-state index contributed by atoms with van der Waals surface area (Å²) in [6, 6.07) is 21.3. The van der Waals surface area contributed by atoms with E-state index in [1.54, 1.807) is 48.5 Å². The lowest BCUT2D eigenvalue weighted by Gasteiger charge is -2.10. The fourth-order valence-electron chi connectivity index (χ4n) is 2.63. The topological polar surface area (TPSA) is 89.0 Å². The van der Waals surface area contributed by atoms with Crippen LogP contribution in [0.1, 0.15) is 11.1 Å². The maximum Gasteiger partial charge on any atom is 0.329 e. The predicted octanol–water partition coefficient (Wildman–Crippen LogP) is 4.02. The molecule has 0 aliphatic rings. The van der Waals surface area contributed by atoms with Gasteiger partial charge in [0.1, 0.15) is 18.1 Å². The number of anilines is 1. The maximum atomic E-state index is 12.1. The first kappa shape index (κ1) is 21.9. The Morgan fingerprint density at radius 3 is 2.39 bits per heavy atom. The minimum absolute atomic E-state index is 0.276. The molecular formula is C23H20ClN3O4. The van der Waals surface area contributed by atoms with E-state index in [0.29, 0.717) is 27.8 Å². The zero-order valence-corrected chi connectivity index (χ0v) is 17.4. The van der Waals surface area contributed by atoms with Gasteiger partial charge in [-0.3, -0.25) is 9.59 Å². The summed E-state index contributed by atoms with van der Waals surface area (Å²) in [7, 11) is 1.47. The van der Waals surface area contributed by atoms with E-state index in [0.717, 1.165) is 5.56 Å². The van der Waals surface area contributed by atoms with Gasteiger partial charge in [-0.2, -0.15) is 5.10 Å². The number of rotatable bonds is 7. The Balaban J connectivity index is 1.60. The third-order valence-corrected chi connectivity index (χ3v) is 4.56. The molecule has 0 aliphatic heterocycles. The normalized spacial score (nSPS) is 10.5. The highest BCUT2D eigenvalue weighted by Gasteiger charge is 2.15. The molecule has 3 aromatic rings. The molecule has 0 saturated carbocycles. The molecule has 0 atom stereocenters. The van der Waals surface area contributed by atoms with Crippen LogP contribution in [-0.4, -0.2) is 25.1 Å². The number of benzene rings is 3. The van der Waals surface area contributed by atoms with Crippen LogP contribution >= 0.6 is 11.6 Å². The van der Waals surface area contributed by atoms with Crippen molar-refractivity contribution in [2.24, 2.45) is 5.10 Å². The van der Waals surface area contributed by atoms with Crippen molar-refractivity contribution in [2.45, 2.75) is 6.61 Å². The second kappa shape index (κ2) is 10.8. The van der Waals surface area contributed by atoms with E-state index >= 15 is 0 Å². The molecule has 0 radical (unpaired) electrons. The lowest BCUT2D eigenvalue weighted by Crippen LogP contribution is -2.32. The van der Waals surface area contributed by atoms with Crippen LogP contribution in [0, 0.1) is 0 Å². The highest BCUT2D eigenvalue weighted by Crippen LogP contribution is 2.23. The van der Waals surface area contributed by atoms with Crippen molar-refractivity contribution in [3.05, 3.63) is 88.9 Å². The van der Waals surface area contributed by atoms with E-state index in [1.807, 2.05) is 24.3 Å². The number of halogens is 1. The van der Waals surface area contributed by atoms with Crippen LogP contribution in [0.5, 0.6) is 11.5 Å². The summed E-state index contributed by atoms with van der Waals surface area (Å²) in [6.45, 7) is 0.276. The smallest absolute Gasteiger partial charge is 0.329 e. The van der Waals surface area contributed by atoms with Crippen LogP contribution in [0.4, 0.5) is 5.69 Å². The summed E-state index contributed by atoms with van der Waals surface area (Å²) in [6.07, 6.45) is 1.40. The Morgan fingerprint density at radius 2 is 1.61 bits per heavy atom. The number of hydrogen-bond acceptors (Lipinski definition) is 5. The lowest BCUT2D eigenvalue weighted by atomic mass is 10.2. The van der Waals surface area contributed by atoms with Gasteiger partial charge >= 0.3 is 11.8 Å². The van der Waals surface area contributed by atoms with Gasteiger partial charge in [0.05, 0.1) is 19.0 Å². The molecule has 2 amide bonds. The third-order valence-electron chi connectivity index (χ3n) is 4.19. The quantitative estimate of drug-likeness (QED) is 0.332. The Hall–Kier alpha value is -3.84. The first-order valence-corrected chi connectivity index (χ1v) is 9.69. The molecule has 158 valence electrons. The van der Waals surface area contributed by atoms with Crippen molar-refractivity contribution in [3.63, 3.8) is 0 Å². The average Bonchev–Trinajstić information content (AvgIpc) is 2.79. The fraction of sp³-hybridized carbons (Fsp3) is 0.0870. The van der Waals surface area contributed by atoms with Crippen LogP contribution in [0.15, 0.2) is 77.9 Å². The number of amides is 2. The summed E-state index contributed by atoms with van der Waals surface area (Å²) in [5.41, 5.74) is 4.05. The second-order valence-electron chi connectivity index (χ2n) is 6.27. The standard InChI is InChI=1S/C23H20ClN3O4/c1-30-21-13-7-5-11-19(21)26-22(28)23(29)27-25-14-16-8-3-6-12-20(16)31-15-17-9-2-4-10-18(17)24/h2-14H,15H2,1H3,(H,26,28)(H,27,29)/b25-14-. The first-order valence-electron chi connectivity index (χ1n) is 9.31. The lowest BCUT2D eigenvalue weighted by molar-refractivity contribution is -0.136. The molecule has 0 fully saturated rings. The molecular weight excluding hydrogens is 418 g/mol. The van der Waals surface area contributed by atoms with Crippen LogP contribution in [-0.2, 0) is 16.2 Å². The van der Waals surface area contributed by atoms with Gasteiger partial charge in [-0.1, -0.05) is 54.1 Å². The average molecular weight is 438 g/mol. The molecule has 0 saturated heterocycles. The zero-order chi connectivity index (χ0) is 22.1. The number of para-hydroxylation sites is 3. The van der Waals surface area contributed by atoms with Gasteiger partial charge in [0.2, 0.25) is 0 Å². The Kier molecular flexibility index (Phi) is 7.61. The van der Waals surface area contributed by atoms with Gasteiger partial charge in [-0.05, 0) is 30.3 Å². The van der Waals surface area contributed by atoms with Crippen molar-refractivity contribution in [3.8, 4) is 11.5 Å². The minimum Gasteiger partial charge on any atom is -0.495 e. The van der Waals surface area contributed by atoms with Gasteiger partial charge in [0, 0.05) is 16.1 Å². The molecule has 0 aliphatic carbocycles. The molecule has 8 heteroatoms. The summed E-state index contributed by atoms with van der Waals surface area (Å²) in [4.78, 5) is 24.1. The van der Waals surface area contributed by atoms with E-state index < -0.39 is 11.8 Å². The van der Waals surface area contributed by atoms with Crippen molar-refractivity contribution >= 4 is 35.3 Å². The van der Waals surface area contributed by atoms with Gasteiger partial charge in [0.15, 0.2) is 0 Å². The van der Waals surface area contributed by atoms with Gasteiger partial charge < -0.3 is 14.8 Å². The number of ether oxygens (including phenoxy) is 2. The minimum atomic E-state index is -0.920. The number of methoxy groups -OCH3 is 1. The van der Waals surface area contributed by atoms with E-state index in [9.17, 15) is 9.59 Å². The second-order valence-corrected chi connectivity index (χ2v) is 6.68. The molecule has 0 bridgehead atoms. The Bertz CT molecular complexity index is 1100. The van der Waals surface area contributed by atoms with Gasteiger partial charge in [-0.25, -0.2) is 5.43 Å². The Morgan fingerprint density at radius 1 is 0.935 bits per heavy atom. The molecule has 0 spiro atoms. The van der Waals surface area contributed by atoms with E-state index in [2.05, 4.69) is 15.8 Å². The van der Waals surface area contributed by atoms with Crippen LogP contribution < -0.4 is 20.2 Å². The van der Waals surface area contributed by atoms with Gasteiger partial charge in [0.25, 0.3) is 0 Å². The highest BCUT2D eigenvalue weighted by molar-refractivity contribution is 6.39. The summed E-state index contributed by atoms with van der Waals surface area (Å²) >= 11 is 6.16. The number of carbonyl (C=O) groups excluding carboxylic acids is 2. The zero-order valence-electron chi connectivity index (χ0n) is 16.7. The van der Waals surface area contributed by atoms with E-state index in [1.165, 1.54) is 13.3 Å². The molecule has 31 heavy (non-hydrogen) atoms. The molecule has 2 N–H and O–H groups in total. The monoisotopic (exact) mass is 437 g/mol. The van der Waals surface area contributed by atoms with Crippen molar-refractivity contribution < 1.29 is 19.1 Å². The molecule has 0 heterocycles. The summed E-state index contributed by atoms with van der Waals surface area (Å²) in [5, 5.41) is 6.95. The molecule has 3 rings (SSSR count). The van der Waals surface area contributed by atoms with Crippen molar-refractivity contribution in [2.75, 3.05) is 12.4 Å². The summed E-state index contributed by atoms with van der Waals surface area (Å²) < 4.78 is 11.0. The van der Waals surface area contributed by atoms with E-state index in [-0.39, 0.29) is 6.61 Å². The summed E-state index contributed by atoms with van der Waals surface area (Å²) in [5.74, 6) is -0.794.